The van der Waals surface area contributed by atoms with Crippen LogP contribution in [0.1, 0.15) is 25.3 Å². The van der Waals surface area contributed by atoms with Crippen molar-refractivity contribution >= 4 is 11.0 Å². The number of para-hydroxylation sites is 1. The molecule has 0 bridgehead atoms. The highest BCUT2D eigenvalue weighted by Crippen LogP contribution is 2.25. The van der Waals surface area contributed by atoms with Gasteiger partial charge in [-0.3, -0.25) is 9.36 Å². The Morgan fingerprint density at radius 3 is 2.76 bits per heavy atom. The molecule has 25 heavy (non-hydrogen) atoms. The summed E-state index contributed by atoms with van der Waals surface area (Å²) in [5, 5.41) is 10.7. The zero-order chi connectivity index (χ0) is 17.8. The molecular weight excluding hydrogens is 318 g/mol. The Labute approximate surface area is 145 Å². The third kappa shape index (κ3) is 3.85. The average molecular weight is 339 g/mol. The highest BCUT2D eigenvalue weighted by molar-refractivity contribution is 5.72. The van der Waals surface area contributed by atoms with Gasteiger partial charge in [0.2, 0.25) is 0 Å². The van der Waals surface area contributed by atoms with Crippen LogP contribution in [0.2, 0.25) is 0 Å². The van der Waals surface area contributed by atoms with Crippen LogP contribution in [0.15, 0.2) is 53.7 Å². The molecule has 0 aliphatic rings. The minimum absolute atomic E-state index is 0.0985. The van der Waals surface area contributed by atoms with E-state index >= 15 is 0 Å². The SMILES string of the molecule is CC(C)c1ccccc1OCC(O)Cn1cnc2ncccc2c1=O. The van der Waals surface area contributed by atoms with Gasteiger partial charge in [0.15, 0.2) is 5.65 Å². The van der Waals surface area contributed by atoms with Crippen molar-refractivity contribution in [1.82, 2.24) is 14.5 Å². The maximum Gasteiger partial charge on any atom is 0.262 e. The lowest BCUT2D eigenvalue weighted by atomic mass is 10.0. The van der Waals surface area contributed by atoms with Gasteiger partial charge < -0.3 is 9.84 Å². The normalized spacial score (nSPS) is 12.5. The highest BCUT2D eigenvalue weighted by Gasteiger charge is 2.12. The van der Waals surface area contributed by atoms with Gasteiger partial charge in [-0.1, -0.05) is 32.0 Å². The smallest absolute Gasteiger partial charge is 0.262 e. The summed E-state index contributed by atoms with van der Waals surface area (Å²) in [6.45, 7) is 4.39. The molecule has 6 nitrogen and oxygen atoms in total. The molecule has 0 aliphatic carbocycles. The summed E-state index contributed by atoms with van der Waals surface area (Å²) < 4.78 is 7.14. The van der Waals surface area contributed by atoms with Crippen molar-refractivity contribution < 1.29 is 9.84 Å². The molecule has 6 heteroatoms. The molecule has 1 aromatic carbocycles. The number of benzene rings is 1. The molecule has 0 aliphatic heterocycles. The van der Waals surface area contributed by atoms with E-state index in [1.165, 1.54) is 10.9 Å². The lowest BCUT2D eigenvalue weighted by molar-refractivity contribution is 0.0909. The Kier molecular flexibility index (Phi) is 5.09. The lowest BCUT2D eigenvalue weighted by Gasteiger charge is -2.17. The second-order valence-electron chi connectivity index (χ2n) is 6.23. The van der Waals surface area contributed by atoms with Crippen LogP contribution in [0.5, 0.6) is 5.75 Å². The maximum atomic E-state index is 12.4. The topological polar surface area (TPSA) is 77.2 Å². The molecule has 1 unspecified atom stereocenters. The second kappa shape index (κ2) is 7.44. The van der Waals surface area contributed by atoms with E-state index in [2.05, 4.69) is 23.8 Å². The Morgan fingerprint density at radius 2 is 1.96 bits per heavy atom. The first-order valence-corrected chi connectivity index (χ1v) is 8.26. The fourth-order valence-electron chi connectivity index (χ4n) is 2.68. The fraction of sp³-hybridized carbons (Fsp3) is 0.316. The van der Waals surface area contributed by atoms with E-state index in [1.54, 1.807) is 18.3 Å². The van der Waals surface area contributed by atoms with Crippen LogP contribution >= 0.6 is 0 Å². The molecule has 2 heterocycles. The first-order valence-electron chi connectivity index (χ1n) is 8.26. The molecule has 1 N–H and O–H groups in total. The van der Waals surface area contributed by atoms with Crippen LogP contribution in [-0.4, -0.2) is 32.4 Å². The molecule has 0 amide bonds. The number of aromatic nitrogens is 3. The van der Waals surface area contributed by atoms with Crippen LogP contribution in [0.4, 0.5) is 0 Å². The molecule has 2 aromatic heterocycles. The van der Waals surface area contributed by atoms with Gasteiger partial charge in [0.05, 0.1) is 11.9 Å². The van der Waals surface area contributed by atoms with Crippen LogP contribution in [-0.2, 0) is 6.54 Å². The Morgan fingerprint density at radius 1 is 1.16 bits per heavy atom. The number of hydrogen-bond donors (Lipinski definition) is 1. The van der Waals surface area contributed by atoms with E-state index in [0.717, 1.165) is 11.3 Å². The molecule has 3 rings (SSSR count). The van der Waals surface area contributed by atoms with Crippen LogP contribution in [0, 0.1) is 0 Å². The number of aliphatic hydroxyl groups excluding tert-OH is 1. The van der Waals surface area contributed by atoms with Gasteiger partial charge in [0, 0.05) is 6.20 Å². The maximum absolute atomic E-state index is 12.4. The lowest BCUT2D eigenvalue weighted by Crippen LogP contribution is -2.30. The molecule has 3 aromatic rings. The van der Waals surface area contributed by atoms with Crippen molar-refractivity contribution in [2.24, 2.45) is 0 Å². The average Bonchev–Trinajstić information content (AvgIpc) is 2.63. The summed E-state index contributed by atoms with van der Waals surface area (Å²) in [6.07, 6.45) is 2.17. The van der Waals surface area contributed by atoms with E-state index in [9.17, 15) is 9.90 Å². The second-order valence-corrected chi connectivity index (χ2v) is 6.23. The van der Waals surface area contributed by atoms with Gasteiger partial charge in [-0.2, -0.15) is 0 Å². The van der Waals surface area contributed by atoms with Crippen LogP contribution in [0.25, 0.3) is 11.0 Å². The third-order valence-electron chi connectivity index (χ3n) is 3.98. The van der Waals surface area contributed by atoms with Gasteiger partial charge in [0.25, 0.3) is 5.56 Å². The largest absolute Gasteiger partial charge is 0.491 e. The predicted octanol–water partition coefficient (Wildman–Crippen LogP) is 2.35. The summed E-state index contributed by atoms with van der Waals surface area (Å²) in [5.74, 6) is 1.08. The molecule has 130 valence electrons. The van der Waals surface area contributed by atoms with Crippen LogP contribution < -0.4 is 10.3 Å². The van der Waals surface area contributed by atoms with Gasteiger partial charge in [-0.05, 0) is 29.7 Å². The Bertz CT molecular complexity index is 921. The minimum Gasteiger partial charge on any atom is -0.491 e. The molecule has 0 spiro atoms. The number of pyridine rings is 1. The fourth-order valence-corrected chi connectivity index (χ4v) is 2.68. The quantitative estimate of drug-likeness (QED) is 0.746. The molecule has 0 saturated heterocycles. The van der Waals surface area contributed by atoms with E-state index in [0.29, 0.717) is 17.0 Å². The highest BCUT2D eigenvalue weighted by atomic mass is 16.5. The minimum atomic E-state index is -0.825. The summed E-state index contributed by atoms with van der Waals surface area (Å²) in [5.41, 5.74) is 1.27. The molecule has 1 atom stereocenters. The van der Waals surface area contributed by atoms with Crippen LogP contribution in [0.3, 0.4) is 0 Å². The summed E-state index contributed by atoms with van der Waals surface area (Å²) in [6, 6.07) is 11.1. The van der Waals surface area contributed by atoms with Crippen molar-refractivity contribution in [2.45, 2.75) is 32.4 Å². The van der Waals surface area contributed by atoms with Gasteiger partial charge >= 0.3 is 0 Å². The molecular formula is C19H21N3O3. The predicted molar refractivity (Wildman–Crippen MR) is 95.8 cm³/mol. The van der Waals surface area contributed by atoms with E-state index in [4.69, 9.17) is 4.74 Å². The number of rotatable bonds is 6. The van der Waals surface area contributed by atoms with Crippen molar-refractivity contribution in [1.29, 1.82) is 0 Å². The Balaban J connectivity index is 1.70. The zero-order valence-corrected chi connectivity index (χ0v) is 14.3. The zero-order valence-electron chi connectivity index (χ0n) is 14.3. The monoisotopic (exact) mass is 339 g/mol. The van der Waals surface area contributed by atoms with Gasteiger partial charge in [-0.25, -0.2) is 9.97 Å². The number of hydrogen-bond acceptors (Lipinski definition) is 5. The number of ether oxygens (including phenoxy) is 1. The number of nitrogens with zero attached hydrogens (tertiary/aromatic N) is 3. The molecule has 0 radical (unpaired) electrons. The first kappa shape index (κ1) is 17.1. The van der Waals surface area contributed by atoms with E-state index in [-0.39, 0.29) is 18.7 Å². The molecule has 0 saturated carbocycles. The van der Waals surface area contributed by atoms with Crippen molar-refractivity contribution in [3.05, 3.63) is 64.8 Å². The standard InChI is InChI=1S/C19H21N3O3/c1-13(2)15-6-3-4-8-17(15)25-11-14(23)10-22-12-21-18-16(19(22)24)7-5-9-20-18/h3-9,12-14,23H,10-11H2,1-2H3. The Hall–Kier alpha value is -2.73. The summed E-state index contributed by atoms with van der Waals surface area (Å²) in [7, 11) is 0. The number of aliphatic hydroxyl groups is 1. The van der Waals surface area contributed by atoms with Gasteiger partial charge in [-0.15, -0.1) is 0 Å². The third-order valence-corrected chi connectivity index (χ3v) is 3.98. The molecule has 0 fully saturated rings. The van der Waals surface area contributed by atoms with Crippen molar-refractivity contribution in [3.63, 3.8) is 0 Å². The van der Waals surface area contributed by atoms with Gasteiger partial charge in [0.1, 0.15) is 24.8 Å². The van der Waals surface area contributed by atoms with E-state index < -0.39 is 6.10 Å². The summed E-state index contributed by atoms with van der Waals surface area (Å²) >= 11 is 0. The van der Waals surface area contributed by atoms with Crippen molar-refractivity contribution in [3.8, 4) is 5.75 Å². The first-order chi connectivity index (χ1) is 12.1. The summed E-state index contributed by atoms with van der Waals surface area (Å²) in [4.78, 5) is 20.6. The van der Waals surface area contributed by atoms with E-state index in [1.807, 2.05) is 24.3 Å². The number of fused-ring (bicyclic) bond motifs is 1. The van der Waals surface area contributed by atoms with Crippen molar-refractivity contribution in [2.75, 3.05) is 6.61 Å².